The summed E-state index contributed by atoms with van der Waals surface area (Å²) in [5, 5.41) is 12.6. The number of hydrogen-bond acceptors (Lipinski definition) is 6. The number of aliphatic hydroxyl groups excluding tert-OH is 1. The van der Waals surface area contributed by atoms with E-state index in [4.69, 9.17) is 4.74 Å². The molecule has 8 heteroatoms. The molecule has 1 aliphatic heterocycles. The van der Waals surface area contributed by atoms with Crippen LogP contribution in [0.25, 0.3) is 0 Å². The molecule has 0 saturated carbocycles. The fraction of sp³-hybridized carbons (Fsp3) is 0.500. The van der Waals surface area contributed by atoms with Gasteiger partial charge in [0.25, 0.3) is 0 Å². The van der Waals surface area contributed by atoms with Crippen LogP contribution in [0.5, 0.6) is 0 Å². The third-order valence-electron chi connectivity index (χ3n) is 3.78. The van der Waals surface area contributed by atoms with Crippen molar-refractivity contribution < 1.29 is 29.0 Å². The predicted molar refractivity (Wildman–Crippen MR) is 93.8 cm³/mol. The summed E-state index contributed by atoms with van der Waals surface area (Å²) in [7, 11) is 1.29. The quantitative estimate of drug-likeness (QED) is 0.792. The number of amides is 2. The lowest BCUT2D eigenvalue weighted by Crippen LogP contribution is -2.45. The number of carbonyl (C=O) groups excluding carboxylic acids is 3. The Morgan fingerprint density at radius 1 is 1.19 bits per heavy atom. The smallest absolute Gasteiger partial charge is 0.411 e. The number of hydrogen-bond donors (Lipinski definition) is 2. The van der Waals surface area contributed by atoms with E-state index in [0.29, 0.717) is 11.3 Å². The zero-order valence-corrected chi connectivity index (χ0v) is 15.3. The highest BCUT2D eigenvalue weighted by atomic mass is 16.6. The number of anilines is 1. The van der Waals surface area contributed by atoms with Crippen molar-refractivity contribution in [1.29, 1.82) is 0 Å². The first-order valence-electron chi connectivity index (χ1n) is 8.27. The summed E-state index contributed by atoms with van der Waals surface area (Å²) in [6, 6.07) is 5.34. The van der Waals surface area contributed by atoms with Crippen molar-refractivity contribution in [3.63, 3.8) is 0 Å². The second kappa shape index (κ2) is 7.74. The van der Waals surface area contributed by atoms with E-state index in [9.17, 15) is 19.5 Å². The molecule has 0 unspecified atom stereocenters. The molecule has 1 aromatic carbocycles. The van der Waals surface area contributed by atoms with Crippen molar-refractivity contribution in [2.24, 2.45) is 0 Å². The molecule has 2 rings (SSSR count). The summed E-state index contributed by atoms with van der Waals surface area (Å²) in [4.78, 5) is 37.5. The van der Waals surface area contributed by atoms with Crippen LogP contribution in [0.1, 0.15) is 37.6 Å². The highest BCUT2D eigenvalue weighted by molar-refractivity contribution is 5.97. The number of methoxy groups -OCH3 is 1. The zero-order chi connectivity index (χ0) is 19.5. The molecular formula is C18H24N2O6. The first kappa shape index (κ1) is 19.7. The van der Waals surface area contributed by atoms with E-state index in [1.807, 2.05) is 0 Å². The molecule has 1 aliphatic rings. The molecule has 0 aromatic heterocycles. The number of nitrogens with one attached hydrogen (secondary N) is 1. The molecular weight excluding hydrogens is 340 g/mol. The Kier molecular flexibility index (Phi) is 5.86. The second-order valence-electron chi connectivity index (χ2n) is 7.10. The highest BCUT2D eigenvalue weighted by Gasteiger charge is 2.40. The lowest BCUT2D eigenvalue weighted by atomic mass is 10.1. The number of ether oxygens (including phenoxy) is 2. The third kappa shape index (κ3) is 4.95. The van der Waals surface area contributed by atoms with Gasteiger partial charge in [-0.1, -0.05) is 0 Å². The topological polar surface area (TPSA) is 105 Å². The van der Waals surface area contributed by atoms with Crippen molar-refractivity contribution in [1.82, 2.24) is 4.90 Å². The standard InChI is InChI=1S/C18H24N2O6/c1-18(2,3)26-17(24)20-10-13(21)9-14(20)15(22)19-12-7-5-11(6-8-12)16(23)25-4/h5-8,13-14,21H,9-10H2,1-4H3,(H,19,22)/t13-,14+/m1/s1. The molecule has 0 bridgehead atoms. The molecule has 1 saturated heterocycles. The van der Waals surface area contributed by atoms with E-state index in [1.165, 1.54) is 24.1 Å². The van der Waals surface area contributed by atoms with Gasteiger partial charge in [-0.15, -0.1) is 0 Å². The Hall–Kier alpha value is -2.61. The zero-order valence-electron chi connectivity index (χ0n) is 15.3. The number of likely N-dealkylation sites (tertiary alicyclic amines) is 1. The molecule has 1 heterocycles. The first-order chi connectivity index (χ1) is 12.1. The minimum Gasteiger partial charge on any atom is -0.465 e. The Balaban J connectivity index is 2.06. The van der Waals surface area contributed by atoms with E-state index < -0.39 is 35.7 Å². The molecule has 2 atom stereocenters. The maximum absolute atomic E-state index is 12.6. The van der Waals surface area contributed by atoms with Crippen LogP contribution < -0.4 is 5.32 Å². The summed E-state index contributed by atoms with van der Waals surface area (Å²) in [6.45, 7) is 5.23. The lowest BCUT2D eigenvalue weighted by molar-refractivity contribution is -0.120. The van der Waals surface area contributed by atoms with Crippen LogP contribution in [0, 0.1) is 0 Å². The molecule has 142 valence electrons. The Morgan fingerprint density at radius 3 is 2.35 bits per heavy atom. The maximum atomic E-state index is 12.6. The van der Waals surface area contributed by atoms with E-state index >= 15 is 0 Å². The molecule has 2 N–H and O–H groups in total. The van der Waals surface area contributed by atoms with Gasteiger partial charge in [0.05, 0.1) is 25.3 Å². The maximum Gasteiger partial charge on any atom is 0.411 e. The Labute approximate surface area is 152 Å². The average molecular weight is 364 g/mol. The van der Waals surface area contributed by atoms with Crippen LogP contribution >= 0.6 is 0 Å². The summed E-state index contributed by atoms with van der Waals surface area (Å²) in [5.41, 5.74) is 0.125. The molecule has 1 fully saturated rings. The number of aliphatic hydroxyl groups is 1. The van der Waals surface area contributed by atoms with Crippen molar-refractivity contribution in [3.8, 4) is 0 Å². The average Bonchev–Trinajstić information content (AvgIpc) is 2.95. The van der Waals surface area contributed by atoms with E-state index in [0.717, 1.165) is 0 Å². The third-order valence-corrected chi connectivity index (χ3v) is 3.78. The lowest BCUT2D eigenvalue weighted by Gasteiger charge is -2.27. The van der Waals surface area contributed by atoms with Gasteiger partial charge in [0.2, 0.25) is 5.91 Å². The molecule has 8 nitrogen and oxygen atoms in total. The molecule has 26 heavy (non-hydrogen) atoms. The monoisotopic (exact) mass is 364 g/mol. The van der Waals surface area contributed by atoms with Crippen LogP contribution in [0.2, 0.25) is 0 Å². The van der Waals surface area contributed by atoms with Gasteiger partial charge in [0.1, 0.15) is 11.6 Å². The van der Waals surface area contributed by atoms with Gasteiger partial charge >= 0.3 is 12.1 Å². The predicted octanol–water partition coefficient (Wildman–Crippen LogP) is 1.78. The van der Waals surface area contributed by atoms with E-state index in [-0.39, 0.29) is 13.0 Å². The molecule has 0 spiro atoms. The van der Waals surface area contributed by atoms with Gasteiger partial charge < -0.3 is 19.9 Å². The van der Waals surface area contributed by atoms with Gasteiger partial charge in [-0.25, -0.2) is 9.59 Å². The fourth-order valence-electron chi connectivity index (χ4n) is 2.62. The van der Waals surface area contributed by atoms with Crippen LogP contribution in [0.15, 0.2) is 24.3 Å². The van der Waals surface area contributed by atoms with Crippen LogP contribution in [0.3, 0.4) is 0 Å². The number of nitrogens with zero attached hydrogens (tertiary/aromatic N) is 1. The molecule has 0 radical (unpaired) electrons. The van der Waals surface area contributed by atoms with Crippen LogP contribution in [-0.2, 0) is 14.3 Å². The largest absolute Gasteiger partial charge is 0.465 e. The number of β-amino-alcohol motifs (C(OH)–C–C–N with tert-alkyl or cyclic N) is 1. The highest BCUT2D eigenvalue weighted by Crippen LogP contribution is 2.23. The molecule has 2 amide bonds. The molecule has 1 aromatic rings. The van der Waals surface area contributed by atoms with Gasteiger partial charge in [0.15, 0.2) is 0 Å². The van der Waals surface area contributed by atoms with Crippen LogP contribution in [-0.4, -0.2) is 59.4 Å². The SMILES string of the molecule is COC(=O)c1ccc(NC(=O)[C@@H]2C[C@@H](O)CN2C(=O)OC(C)(C)C)cc1. The van der Waals surface area contributed by atoms with E-state index in [1.54, 1.807) is 32.9 Å². The normalized spacial score (nSPS) is 19.8. The fourth-order valence-corrected chi connectivity index (χ4v) is 2.62. The summed E-state index contributed by atoms with van der Waals surface area (Å²) >= 11 is 0. The Bertz CT molecular complexity index is 680. The second-order valence-corrected chi connectivity index (χ2v) is 7.10. The minimum atomic E-state index is -0.833. The van der Waals surface area contributed by atoms with Gasteiger partial charge in [0, 0.05) is 12.1 Å². The Morgan fingerprint density at radius 2 is 1.81 bits per heavy atom. The minimum absolute atomic E-state index is 0.0360. The van der Waals surface area contributed by atoms with E-state index in [2.05, 4.69) is 10.1 Å². The van der Waals surface area contributed by atoms with Gasteiger partial charge in [-0.2, -0.15) is 0 Å². The van der Waals surface area contributed by atoms with Crippen molar-refractivity contribution in [2.75, 3.05) is 19.0 Å². The number of benzene rings is 1. The summed E-state index contributed by atoms with van der Waals surface area (Å²) in [5.74, 6) is -0.906. The number of esters is 1. The summed E-state index contributed by atoms with van der Waals surface area (Å²) in [6.07, 6.45) is -1.30. The van der Waals surface area contributed by atoms with Crippen molar-refractivity contribution in [2.45, 2.75) is 44.9 Å². The molecule has 0 aliphatic carbocycles. The van der Waals surface area contributed by atoms with Gasteiger partial charge in [-0.3, -0.25) is 9.69 Å². The first-order valence-corrected chi connectivity index (χ1v) is 8.27. The van der Waals surface area contributed by atoms with Crippen molar-refractivity contribution in [3.05, 3.63) is 29.8 Å². The summed E-state index contributed by atoms with van der Waals surface area (Å²) < 4.78 is 9.92. The van der Waals surface area contributed by atoms with Crippen molar-refractivity contribution >= 4 is 23.7 Å². The number of carbonyl (C=O) groups is 3. The van der Waals surface area contributed by atoms with Gasteiger partial charge in [-0.05, 0) is 45.0 Å². The van der Waals surface area contributed by atoms with Crippen LogP contribution in [0.4, 0.5) is 10.5 Å². The number of rotatable bonds is 3.